The molecule has 2 aliphatic heterocycles. The van der Waals surface area contributed by atoms with E-state index in [4.69, 9.17) is 9.47 Å². The van der Waals surface area contributed by atoms with Crippen LogP contribution < -0.4 is 9.47 Å². The molecule has 0 bridgehead atoms. The van der Waals surface area contributed by atoms with E-state index in [1.165, 1.54) is 16.7 Å². The Bertz CT molecular complexity index is 706. The summed E-state index contributed by atoms with van der Waals surface area (Å²) in [6.07, 6.45) is 1.11. The fourth-order valence-corrected chi connectivity index (χ4v) is 3.54. The molecule has 0 amide bonds. The number of hydrogen-bond acceptors (Lipinski definition) is 4. The van der Waals surface area contributed by atoms with Crippen molar-refractivity contribution < 1.29 is 9.47 Å². The van der Waals surface area contributed by atoms with Gasteiger partial charge in [-0.15, -0.1) is 0 Å². The summed E-state index contributed by atoms with van der Waals surface area (Å²) >= 11 is 0. The summed E-state index contributed by atoms with van der Waals surface area (Å²) in [5.74, 6) is 1.74. The van der Waals surface area contributed by atoms with Crippen LogP contribution in [0.25, 0.3) is 0 Å². The molecule has 0 spiro atoms. The number of piperazine rings is 1. The van der Waals surface area contributed by atoms with Crippen LogP contribution in [0.5, 0.6) is 11.5 Å². The zero-order valence-electron chi connectivity index (χ0n) is 14.9. The fraction of sp³-hybridized carbons (Fsp3) is 0.429. The minimum atomic E-state index is 0.344. The predicted octanol–water partition coefficient (Wildman–Crippen LogP) is 3.30. The highest BCUT2D eigenvalue weighted by Gasteiger charge is 2.19. The molecular formula is C21H26N2O2. The lowest BCUT2D eigenvalue weighted by Crippen LogP contribution is -2.45. The Balaban J connectivity index is 1.28. The second-order valence-electron chi connectivity index (χ2n) is 6.91. The number of benzene rings is 2. The first-order valence-electron chi connectivity index (χ1n) is 9.21. The van der Waals surface area contributed by atoms with E-state index in [0.717, 1.165) is 57.2 Å². The lowest BCUT2D eigenvalue weighted by atomic mass is 10.1. The first-order valence-corrected chi connectivity index (χ1v) is 9.21. The van der Waals surface area contributed by atoms with Gasteiger partial charge in [0.25, 0.3) is 0 Å². The van der Waals surface area contributed by atoms with Crippen LogP contribution in [0.3, 0.4) is 0 Å². The second-order valence-corrected chi connectivity index (χ2v) is 6.91. The summed E-state index contributed by atoms with van der Waals surface area (Å²) in [4.78, 5) is 5.07. The van der Waals surface area contributed by atoms with Crippen molar-refractivity contribution in [3.63, 3.8) is 0 Å². The van der Waals surface area contributed by atoms with Crippen LogP contribution in [0.15, 0.2) is 42.5 Å². The minimum absolute atomic E-state index is 0.344. The monoisotopic (exact) mass is 338 g/mol. The Kier molecular flexibility index (Phi) is 4.90. The van der Waals surface area contributed by atoms with Gasteiger partial charge in [0.05, 0.1) is 0 Å². The number of fused-ring (bicyclic) bond motifs is 1. The number of nitrogens with zero attached hydrogens (tertiary/aromatic N) is 2. The highest BCUT2D eigenvalue weighted by atomic mass is 16.7. The zero-order chi connectivity index (χ0) is 17.1. The molecule has 1 saturated heterocycles. The van der Waals surface area contributed by atoms with Gasteiger partial charge < -0.3 is 9.47 Å². The third kappa shape index (κ3) is 3.97. The maximum Gasteiger partial charge on any atom is 0.231 e. The average Bonchev–Trinajstić information content (AvgIpc) is 3.12. The summed E-state index contributed by atoms with van der Waals surface area (Å²) in [7, 11) is 0. The van der Waals surface area contributed by atoms with Crippen molar-refractivity contribution in [3.05, 3.63) is 59.2 Å². The largest absolute Gasteiger partial charge is 0.454 e. The minimum Gasteiger partial charge on any atom is -0.454 e. The first-order chi connectivity index (χ1) is 12.3. The SMILES string of the molecule is CCc1ccc(CN2CCN(Cc3ccc4c(c3)OCO4)CC2)cc1. The Labute approximate surface area is 150 Å². The molecule has 132 valence electrons. The van der Waals surface area contributed by atoms with Crippen molar-refractivity contribution in [2.24, 2.45) is 0 Å². The van der Waals surface area contributed by atoms with Gasteiger partial charge in [-0.3, -0.25) is 9.80 Å². The molecule has 4 rings (SSSR count). The van der Waals surface area contributed by atoms with Gasteiger partial charge in [0.15, 0.2) is 11.5 Å². The maximum atomic E-state index is 5.48. The van der Waals surface area contributed by atoms with Gasteiger partial charge >= 0.3 is 0 Å². The van der Waals surface area contributed by atoms with Crippen molar-refractivity contribution in [1.82, 2.24) is 9.80 Å². The smallest absolute Gasteiger partial charge is 0.231 e. The van der Waals surface area contributed by atoms with E-state index in [1.54, 1.807) is 0 Å². The molecule has 25 heavy (non-hydrogen) atoms. The Morgan fingerprint density at radius 2 is 1.28 bits per heavy atom. The Morgan fingerprint density at radius 1 is 0.720 bits per heavy atom. The molecule has 0 aliphatic carbocycles. The van der Waals surface area contributed by atoms with E-state index in [1.807, 2.05) is 6.07 Å². The molecule has 2 aliphatic rings. The Morgan fingerprint density at radius 3 is 1.96 bits per heavy atom. The number of rotatable bonds is 5. The highest BCUT2D eigenvalue weighted by molar-refractivity contribution is 5.44. The van der Waals surface area contributed by atoms with Crippen LogP contribution in [-0.2, 0) is 19.5 Å². The second kappa shape index (κ2) is 7.46. The molecular weight excluding hydrogens is 312 g/mol. The van der Waals surface area contributed by atoms with Gasteiger partial charge in [0.2, 0.25) is 6.79 Å². The molecule has 4 nitrogen and oxygen atoms in total. The fourth-order valence-electron chi connectivity index (χ4n) is 3.54. The van der Waals surface area contributed by atoms with Crippen LogP contribution in [0, 0.1) is 0 Å². The molecule has 2 aromatic carbocycles. The molecule has 0 saturated carbocycles. The van der Waals surface area contributed by atoms with Crippen molar-refractivity contribution >= 4 is 0 Å². The van der Waals surface area contributed by atoms with Crippen LogP contribution in [0.1, 0.15) is 23.6 Å². The lowest BCUT2D eigenvalue weighted by Gasteiger charge is -2.34. The van der Waals surface area contributed by atoms with E-state index in [2.05, 4.69) is 53.1 Å². The first kappa shape index (κ1) is 16.4. The molecule has 0 unspecified atom stereocenters. The van der Waals surface area contributed by atoms with E-state index in [0.29, 0.717) is 6.79 Å². The normalized spacial score (nSPS) is 17.8. The maximum absolute atomic E-state index is 5.48. The van der Waals surface area contributed by atoms with Gasteiger partial charge in [-0.1, -0.05) is 37.3 Å². The summed E-state index contributed by atoms with van der Waals surface area (Å²) in [6, 6.07) is 15.3. The van der Waals surface area contributed by atoms with E-state index < -0.39 is 0 Å². The van der Waals surface area contributed by atoms with E-state index in [-0.39, 0.29) is 0 Å². The van der Waals surface area contributed by atoms with Crippen molar-refractivity contribution in [2.45, 2.75) is 26.4 Å². The number of aryl methyl sites for hydroxylation is 1. The van der Waals surface area contributed by atoms with Crippen LogP contribution in [-0.4, -0.2) is 42.8 Å². The predicted molar refractivity (Wildman–Crippen MR) is 98.9 cm³/mol. The van der Waals surface area contributed by atoms with E-state index >= 15 is 0 Å². The summed E-state index contributed by atoms with van der Waals surface area (Å²) < 4.78 is 10.9. The summed E-state index contributed by atoms with van der Waals surface area (Å²) in [5, 5.41) is 0. The summed E-state index contributed by atoms with van der Waals surface area (Å²) in [6.45, 7) is 9.06. The third-order valence-electron chi connectivity index (χ3n) is 5.15. The van der Waals surface area contributed by atoms with Gasteiger partial charge in [0.1, 0.15) is 0 Å². The molecule has 0 N–H and O–H groups in total. The van der Waals surface area contributed by atoms with Gasteiger partial charge in [0, 0.05) is 39.3 Å². The van der Waals surface area contributed by atoms with Gasteiger partial charge in [-0.25, -0.2) is 0 Å². The molecule has 2 heterocycles. The molecule has 0 aromatic heterocycles. The van der Waals surface area contributed by atoms with Crippen LogP contribution >= 0.6 is 0 Å². The van der Waals surface area contributed by atoms with Crippen molar-refractivity contribution in [3.8, 4) is 11.5 Å². The highest BCUT2D eigenvalue weighted by Crippen LogP contribution is 2.32. The molecule has 2 aromatic rings. The number of ether oxygens (including phenoxy) is 2. The molecule has 0 radical (unpaired) electrons. The topological polar surface area (TPSA) is 24.9 Å². The molecule has 0 atom stereocenters. The van der Waals surface area contributed by atoms with Crippen LogP contribution in [0.2, 0.25) is 0 Å². The van der Waals surface area contributed by atoms with Crippen LogP contribution in [0.4, 0.5) is 0 Å². The number of hydrogen-bond donors (Lipinski definition) is 0. The summed E-state index contributed by atoms with van der Waals surface area (Å²) in [5.41, 5.74) is 4.13. The van der Waals surface area contributed by atoms with Crippen molar-refractivity contribution in [2.75, 3.05) is 33.0 Å². The lowest BCUT2D eigenvalue weighted by molar-refractivity contribution is 0.122. The van der Waals surface area contributed by atoms with E-state index in [9.17, 15) is 0 Å². The standard InChI is InChI=1S/C21H26N2O2/c1-2-17-3-5-18(6-4-17)14-22-9-11-23(12-10-22)15-19-7-8-20-21(13-19)25-16-24-20/h3-8,13H,2,9-12,14-16H2,1H3. The Hall–Kier alpha value is -2.04. The average molecular weight is 338 g/mol. The quantitative estimate of drug-likeness (QED) is 0.835. The molecule has 4 heteroatoms. The van der Waals surface area contributed by atoms with Gasteiger partial charge in [-0.05, 0) is 35.2 Å². The molecule has 1 fully saturated rings. The zero-order valence-corrected chi connectivity index (χ0v) is 14.9. The van der Waals surface area contributed by atoms with Gasteiger partial charge in [-0.2, -0.15) is 0 Å². The van der Waals surface area contributed by atoms with Crippen molar-refractivity contribution in [1.29, 1.82) is 0 Å². The third-order valence-corrected chi connectivity index (χ3v) is 5.15.